The van der Waals surface area contributed by atoms with Gasteiger partial charge in [-0.1, -0.05) is 17.7 Å². The summed E-state index contributed by atoms with van der Waals surface area (Å²) >= 11 is 5.97. The van der Waals surface area contributed by atoms with Gasteiger partial charge in [-0.25, -0.2) is 0 Å². The van der Waals surface area contributed by atoms with E-state index in [-0.39, 0.29) is 0 Å². The van der Waals surface area contributed by atoms with Crippen LogP contribution in [0.25, 0.3) is 10.9 Å². The lowest BCUT2D eigenvalue weighted by Crippen LogP contribution is -2.47. The highest BCUT2D eigenvalue weighted by molar-refractivity contribution is 6.31. The first-order valence-corrected chi connectivity index (χ1v) is 6.55. The molecule has 0 saturated heterocycles. The average Bonchev–Trinajstić information content (AvgIpc) is 2.66. The summed E-state index contributed by atoms with van der Waals surface area (Å²) in [6.07, 6.45) is 6.02. The van der Waals surface area contributed by atoms with Gasteiger partial charge in [-0.2, -0.15) is 0 Å². The topological polar surface area (TPSA) is 27.8 Å². The largest absolute Gasteiger partial charge is 0.361 e. The summed E-state index contributed by atoms with van der Waals surface area (Å²) in [6, 6.07) is 6.02. The smallest absolute Gasteiger partial charge is 0.0472 e. The van der Waals surface area contributed by atoms with Gasteiger partial charge < -0.3 is 10.3 Å². The quantitative estimate of drug-likeness (QED) is 0.848. The highest BCUT2D eigenvalue weighted by atomic mass is 35.5. The minimum Gasteiger partial charge on any atom is -0.361 e. The normalized spacial score (nSPS) is 18.2. The van der Waals surface area contributed by atoms with Gasteiger partial charge in [0.15, 0.2) is 0 Å². The Kier molecular flexibility index (Phi) is 2.64. The molecule has 0 aliphatic heterocycles. The number of nitrogens with one attached hydrogen (secondary N) is 2. The Morgan fingerprint density at radius 2 is 2.24 bits per heavy atom. The van der Waals surface area contributed by atoms with E-state index >= 15 is 0 Å². The lowest BCUT2D eigenvalue weighted by molar-refractivity contribution is 0.207. The molecule has 2 aromatic rings. The number of fused-ring (bicyclic) bond motifs is 1. The van der Waals surface area contributed by atoms with Crippen molar-refractivity contribution in [3.63, 3.8) is 0 Å². The molecule has 1 saturated carbocycles. The molecule has 1 aliphatic rings. The van der Waals surface area contributed by atoms with Gasteiger partial charge in [0.25, 0.3) is 0 Å². The van der Waals surface area contributed by atoms with E-state index in [0.29, 0.717) is 5.54 Å². The molecular weight excluding hydrogens is 232 g/mol. The number of aromatic nitrogens is 1. The average molecular weight is 249 g/mol. The van der Waals surface area contributed by atoms with Crippen LogP contribution in [0.4, 0.5) is 0 Å². The summed E-state index contributed by atoms with van der Waals surface area (Å²) in [5.74, 6) is 0. The van der Waals surface area contributed by atoms with Gasteiger partial charge in [0.05, 0.1) is 0 Å². The molecule has 1 aromatic carbocycles. The van der Waals surface area contributed by atoms with Crippen molar-refractivity contribution in [2.24, 2.45) is 0 Å². The third kappa shape index (κ3) is 2.07. The van der Waals surface area contributed by atoms with Crippen molar-refractivity contribution in [1.82, 2.24) is 10.3 Å². The van der Waals surface area contributed by atoms with E-state index in [4.69, 9.17) is 11.6 Å². The van der Waals surface area contributed by atoms with E-state index in [1.54, 1.807) is 0 Å². The van der Waals surface area contributed by atoms with Crippen LogP contribution in [0.15, 0.2) is 24.4 Å². The molecule has 0 amide bonds. The minimum atomic E-state index is 0.357. The molecule has 1 aliphatic carbocycles. The molecule has 3 heteroatoms. The Bertz CT molecular complexity index is 540. The number of benzene rings is 1. The molecule has 0 spiro atoms. The van der Waals surface area contributed by atoms with Gasteiger partial charge in [0.1, 0.15) is 0 Å². The standard InChI is InChI=1S/C14H17ClN2/c1-14(5-2-6-14)17-9-10-8-16-13-7-11(15)3-4-12(10)13/h3-4,7-8,16-17H,2,5-6,9H2,1H3. The maximum absolute atomic E-state index is 5.97. The fourth-order valence-electron chi connectivity index (χ4n) is 2.50. The van der Waals surface area contributed by atoms with Crippen molar-refractivity contribution in [3.8, 4) is 0 Å². The zero-order chi connectivity index (χ0) is 11.9. The molecule has 17 heavy (non-hydrogen) atoms. The second-order valence-corrected chi connectivity index (χ2v) is 5.71. The lowest BCUT2D eigenvalue weighted by atomic mass is 9.78. The van der Waals surface area contributed by atoms with Crippen LogP contribution in [0.2, 0.25) is 5.02 Å². The molecular formula is C14H17ClN2. The predicted molar refractivity (Wildman–Crippen MR) is 72.4 cm³/mol. The zero-order valence-corrected chi connectivity index (χ0v) is 10.8. The fraction of sp³-hybridized carbons (Fsp3) is 0.429. The number of aromatic amines is 1. The number of hydrogen-bond acceptors (Lipinski definition) is 1. The van der Waals surface area contributed by atoms with E-state index in [0.717, 1.165) is 17.1 Å². The van der Waals surface area contributed by atoms with Crippen molar-refractivity contribution in [2.45, 2.75) is 38.3 Å². The third-order valence-corrected chi connectivity index (χ3v) is 4.13. The number of halogens is 1. The first-order valence-electron chi connectivity index (χ1n) is 6.17. The summed E-state index contributed by atoms with van der Waals surface area (Å²) < 4.78 is 0. The molecule has 0 radical (unpaired) electrons. The molecule has 3 rings (SSSR count). The fourth-order valence-corrected chi connectivity index (χ4v) is 2.67. The Balaban J connectivity index is 1.81. The highest BCUT2D eigenvalue weighted by Gasteiger charge is 2.30. The van der Waals surface area contributed by atoms with Gasteiger partial charge >= 0.3 is 0 Å². The molecule has 90 valence electrons. The van der Waals surface area contributed by atoms with Gasteiger partial charge in [0, 0.05) is 34.2 Å². The second kappa shape index (κ2) is 4.04. The van der Waals surface area contributed by atoms with Crippen molar-refractivity contribution in [2.75, 3.05) is 0 Å². The Morgan fingerprint density at radius 1 is 1.41 bits per heavy atom. The predicted octanol–water partition coefficient (Wildman–Crippen LogP) is 3.85. The lowest BCUT2D eigenvalue weighted by Gasteiger charge is -2.39. The van der Waals surface area contributed by atoms with Crippen LogP contribution in [0, 0.1) is 0 Å². The monoisotopic (exact) mass is 248 g/mol. The summed E-state index contributed by atoms with van der Waals surface area (Å²) in [5.41, 5.74) is 2.80. The maximum Gasteiger partial charge on any atom is 0.0472 e. The molecule has 2 nitrogen and oxygen atoms in total. The number of hydrogen-bond donors (Lipinski definition) is 2. The molecule has 0 atom stereocenters. The molecule has 2 N–H and O–H groups in total. The summed E-state index contributed by atoms with van der Waals surface area (Å²) in [4.78, 5) is 3.28. The first kappa shape index (κ1) is 11.1. The van der Waals surface area contributed by atoms with E-state index in [9.17, 15) is 0 Å². The van der Waals surface area contributed by atoms with Crippen LogP contribution < -0.4 is 5.32 Å². The van der Waals surface area contributed by atoms with E-state index in [1.165, 1.54) is 30.2 Å². The van der Waals surface area contributed by atoms with Crippen molar-refractivity contribution < 1.29 is 0 Å². The molecule has 0 unspecified atom stereocenters. The van der Waals surface area contributed by atoms with E-state index in [2.05, 4.69) is 29.5 Å². The number of H-pyrrole nitrogens is 1. The van der Waals surface area contributed by atoms with Crippen LogP contribution in [0.1, 0.15) is 31.7 Å². The van der Waals surface area contributed by atoms with Gasteiger partial charge in [-0.15, -0.1) is 0 Å². The maximum atomic E-state index is 5.97. The van der Waals surface area contributed by atoms with Crippen molar-refractivity contribution in [3.05, 3.63) is 35.0 Å². The van der Waals surface area contributed by atoms with Crippen LogP contribution in [0.5, 0.6) is 0 Å². The molecule has 1 heterocycles. The van der Waals surface area contributed by atoms with Gasteiger partial charge in [-0.3, -0.25) is 0 Å². The third-order valence-electron chi connectivity index (χ3n) is 3.89. The van der Waals surface area contributed by atoms with E-state index < -0.39 is 0 Å². The van der Waals surface area contributed by atoms with E-state index in [1.807, 2.05) is 12.1 Å². The summed E-state index contributed by atoms with van der Waals surface area (Å²) in [6.45, 7) is 3.24. The Hall–Kier alpha value is -0.990. The van der Waals surface area contributed by atoms with Crippen molar-refractivity contribution >= 4 is 22.5 Å². The van der Waals surface area contributed by atoms with Gasteiger partial charge in [-0.05, 0) is 43.9 Å². The van der Waals surface area contributed by atoms with Crippen LogP contribution in [-0.4, -0.2) is 10.5 Å². The molecule has 1 aromatic heterocycles. The second-order valence-electron chi connectivity index (χ2n) is 5.27. The molecule has 1 fully saturated rings. The SMILES string of the molecule is CC1(NCc2c[nH]c3cc(Cl)ccc23)CCC1. The first-order chi connectivity index (χ1) is 8.16. The summed E-state index contributed by atoms with van der Waals surface area (Å²) in [5, 5.41) is 5.70. The highest BCUT2D eigenvalue weighted by Crippen LogP contribution is 2.31. The van der Waals surface area contributed by atoms with Gasteiger partial charge in [0.2, 0.25) is 0 Å². The number of rotatable bonds is 3. The van der Waals surface area contributed by atoms with Crippen LogP contribution in [0.3, 0.4) is 0 Å². The summed E-state index contributed by atoms with van der Waals surface area (Å²) in [7, 11) is 0. The minimum absolute atomic E-state index is 0.357. The van der Waals surface area contributed by atoms with Crippen LogP contribution in [-0.2, 0) is 6.54 Å². The molecule has 0 bridgehead atoms. The van der Waals surface area contributed by atoms with Crippen LogP contribution >= 0.6 is 11.6 Å². The van der Waals surface area contributed by atoms with Crippen molar-refractivity contribution in [1.29, 1.82) is 0 Å². The Morgan fingerprint density at radius 3 is 2.94 bits per heavy atom. The zero-order valence-electron chi connectivity index (χ0n) is 10.0. The Labute approximate surface area is 106 Å².